The second-order valence-corrected chi connectivity index (χ2v) is 6.28. The average Bonchev–Trinajstić information content (AvgIpc) is 2.89. The molecule has 1 amide bonds. The lowest BCUT2D eigenvalue weighted by atomic mass is 9.98. The molecule has 0 saturated carbocycles. The number of amides is 1. The molecule has 1 aliphatic rings. The molecule has 0 unspecified atom stereocenters. The van der Waals surface area contributed by atoms with Crippen LogP contribution >= 0.6 is 11.6 Å². The third-order valence-electron chi connectivity index (χ3n) is 4.40. The van der Waals surface area contributed by atoms with Crippen molar-refractivity contribution in [1.29, 1.82) is 0 Å². The number of hydrogen-bond acceptors (Lipinski definition) is 4. The van der Waals surface area contributed by atoms with E-state index in [1.807, 2.05) is 0 Å². The van der Waals surface area contributed by atoms with Crippen molar-refractivity contribution in [3.63, 3.8) is 0 Å². The molecule has 0 fully saturated rings. The number of β-amino-alcohol motifs (C(OH)–C–C–N with tert-alkyl or cyclic N) is 1. The van der Waals surface area contributed by atoms with Gasteiger partial charge >= 0.3 is 0 Å². The van der Waals surface area contributed by atoms with Gasteiger partial charge in [0.2, 0.25) is 5.76 Å². The Morgan fingerprint density at radius 3 is 2.52 bits per heavy atom. The molecule has 1 N–H and O–H groups in total. The predicted molar refractivity (Wildman–Crippen MR) is 93.9 cm³/mol. The van der Waals surface area contributed by atoms with Crippen molar-refractivity contribution in [3.8, 4) is 0 Å². The molecule has 126 valence electrons. The first-order valence-electron chi connectivity index (χ1n) is 7.85. The normalized spacial score (nSPS) is 16.5. The van der Waals surface area contributed by atoms with Crippen molar-refractivity contribution in [2.45, 2.75) is 6.04 Å². The largest absolute Gasteiger partial charge is 0.450 e. The number of benzene rings is 2. The van der Waals surface area contributed by atoms with E-state index in [1.165, 1.54) is 4.90 Å². The lowest BCUT2D eigenvalue weighted by molar-refractivity contribution is 0.0691. The summed E-state index contributed by atoms with van der Waals surface area (Å²) in [7, 11) is 0. The molecule has 1 aromatic heterocycles. The maximum Gasteiger partial charge on any atom is 0.290 e. The van der Waals surface area contributed by atoms with Crippen LogP contribution in [0.25, 0.3) is 11.0 Å². The summed E-state index contributed by atoms with van der Waals surface area (Å²) < 4.78 is 5.75. The molecule has 5 nitrogen and oxygen atoms in total. The molecule has 6 heteroatoms. The van der Waals surface area contributed by atoms with Gasteiger partial charge in [-0.15, -0.1) is 0 Å². The van der Waals surface area contributed by atoms with Gasteiger partial charge in [0.1, 0.15) is 5.58 Å². The van der Waals surface area contributed by atoms with Crippen LogP contribution in [0.2, 0.25) is 5.02 Å². The number of rotatable bonds is 3. The van der Waals surface area contributed by atoms with Crippen LogP contribution < -0.4 is 5.43 Å². The predicted octanol–water partition coefficient (Wildman–Crippen LogP) is 2.98. The van der Waals surface area contributed by atoms with Crippen LogP contribution in [-0.2, 0) is 0 Å². The summed E-state index contributed by atoms with van der Waals surface area (Å²) in [6, 6.07) is 13.2. The second kappa shape index (κ2) is 6.02. The van der Waals surface area contributed by atoms with Gasteiger partial charge in [0.15, 0.2) is 5.43 Å². The molecule has 0 spiro atoms. The molecule has 0 aliphatic carbocycles. The highest BCUT2D eigenvalue weighted by Gasteiger charge is 2.42. The van der Waals surface area contributed by atoms with Crippen LogP contribution in [0.5, 0.6) is 0 Å². The Hall–Kier alpha value is -2.63. The van der Waals surface area contributed by atoms with Crippen molar-refractivity contribution in [1.82, 2.24) is 4.90 Å². The number of aliphatic hydroxyl groups is 1. The van der Waals surface area contributed by atoms with E-state index >= 15 is 0 Å². The van der Waals surface area contributed by atoms with E-state index in [0.717, 1.165) is 5.56 Å². The second-order valence-electron chi connectivity index (χ2n) is 5.85. The molecular weight excluding hydrogens is 342 g/mol. The number of para-hydroxylation sites is 1. The minimum atomic E-state index is -0.604. The summed E-state index contributed by atoms with van der Waals surface area (Å²) in [5.74, 6) is -0.357. The van der Waals surface area contributed by atoms with Crippen molar-refractivity contribution in [2.24, 2.45) is 0 Å². The van der Waals surface area contributed by atoms with Gasteiger partial charge in [0.25, 0.3) is 5.91 Å². The maximum atomic E-state index is 13.0. The maximum absolute atomic E-state index is 13.0. The van der Waals surface area contributed by atoms with Gasteiger partial charge in [-0.25, -0.2) is 0 Å². The zero-order chi connectivity index (χ0) is 17.6. The Labute approximate surface area is 148 Å². The van der Waals surface area contributed by atoms with Crippen molar-refractivity contribution in [3.05, 3.63) is 80.7 Å². The van der Waals surface area contributed by atoms with E-state index in [2.05, 4.69) is 0 Å². The van der Waals surface area contributed by atoms with E-state index in [0.29, 0.717) is 21.6 Å². The van der Waals surface area contributed by atoms with E-state index in [4.69, 9.17) is 16.0 Å². The Balaban J connectivity index is 2.00. The fourth-order valence-corrected chi connectivity index (χ4v) is 3.42. The van der Waals surface area contributed by atoms with Gasteiger partial charge in [-0.2, -0.15) is 0 Å². The average molecular weight is 356 g/mol. The molecule has 2 heterocycles. The van der Waals surface area contributed by atoms with Crippen molar-refractivity contribution in [2.75, 3.05) is 13.2 Å². The molecule has 0 bridgehead atoms. The van der Waals surface area contributed by atoms with Gasteiger partial charge in [-0.05, 0) is 29.8 Å². The number of nitrogens with zero attached hydrogens (tertiary/aromatic N) is 1. The van der Waals surface area contributed by atoms with Crippen LogP contribution in [0.15, 0.2) is 57.7 Å². The van der Waals surface area contributed by atoms with Gasteiger partial charge in [-0.1, -0.05) is 35.9 Å². The molecule has 0 saturated heterocycles. The summed E-state index contributed by atoms with van der Waals surface area (Å²) >= 11 is 5.95. The quantitative estimate of drug-likeness (QED) is 0.784. The van der Waals surface area contributed by atoms with E-state index in [9.17, 15) is 14.7 Å². The number of halogens is 1. The summed E-state index contributed by atoms with van der Waals surface area (Å²) in [5.41, 5.74) is 1.19. The number of fused-ring (bicyclic) bond motifs is 2. The minimum Gasteiger partial charge on any atom is -0.450 e. The fourth-order valence-electron chi connectivity index (χ4n) is 3.30. The highest BCUT2D eigenvalue weighted by atomic mass is 35.5. The molecule has 0 radical (unpaired) electrons. The van der Waals surface area contributed by atoms with Crippen LogP contribution in [0.4, 0.5) is 0 Å². The van der Waals surface area contributed by atoms with Crippen LogP contribution in [0, 0.1) is 0 Å². The fraction of sp³-hybridized carbons (Fsp3) is 0.158. The number of carbonyl (C=O) groups is 1. The monoisotopic (exact) mass is 355 g/mol. The third kappa shape index (κ3) is 2.44. The SMILES string of the molecule is O=C1c2oc3ccccc3c(=O)c2[C@H](c2ccc(Cl)cc2)N1CCO. The van der Waals surface area contributed by atoms with E-state index in [-0.39, 0.29) is 24.3 Å². The third-order valence-corrected chi connectivity index (χ3v) is 4.65. The Kier molecular flexibility index (Phi) is 3.82. The molecular formula is C19H14ClNO4. The lowest BCUT2D eigenvalue weighted by Gasteiger charge is -2.24. The van der Waals surface area contributed by atoms with Crippen LogP contribution in [0.3, 0.4) is 0 Å². The zero-order valence-corrected chi connectivity index (χ0v) is 13.9. The molecule has 25 heavy (non-hydrogen) atoms. The first-order chi connectivity index (χ1) is 12.1. The highest BCUT2D eigenvalue weighted by Crippen LogP contribution is 2.38. The topological polar surface area (TPSA) is 70.8 Å². The Bertz CT molecular complexity index is 1030. The summed E-state index contributed by atoms with van der Waals surface area (Å²) in [6.07, 6.45) is 0. The molecule has 2 aromatic carbocycles. The van der Waals surface area contributed by atoms with E-state index < -0.39 is 11.9 Å². The number of aliphatic hydroxyl groups excluding tert-OH is 1. The summed E-state index contributed by atoms with van der Waals surface area (Å²) in [5, 5.41) is 10.4. The minimum absolute atomic E-state index is 0.0390. The van der Waals surface area contributed by atoms with Crippen molar-refractivity contribution >= 4 is 28.5 Å². The van der Waals surface area contributed by atoms with Gasteiger partial charge in [-0.3, -0.25) is 9.59 Å². The van der Waals surface area contributed by atoms with Crippen LogP contribution in [-0.4, -0.2) is 29.1 Å². The van der Waals surface area contributed by atoms with Crippen LogP contribution in [0.1, 0.15) is 27.7 Å². The molecule has 1 atom stereocenters. The molecule has 1 aliphatic heterocycles. The van der Waals surface area contributed by atoms with Gasteiger partial charge in [0, 0.05) is 11.6 Å². The van der Waals surface area contributed by atoms with Crippen molar-refractivity contribution < 1.29 is 14.3 Å². The summed E-state index contributed by atoms with van der Waals surface area (Å²) in [6.45, 7) is -0.107. The van der Waals surface area contributed by atoms with E-state index in [1.54, 1.807) is 48.5 Å². The first-order valence-corrected chi connectivity index (χ1v) is 8.22. The Morgan fingerprint density at radius 2 is 1.80 bits per heavy atom. The lowest BCUT2D eigenvalue weighted by Crippen LogP contribution is -2.32. The highest BCUT2D eigenvalue weighted by molar-refractivity contribution is 6.30. The van der Waals surface area contributed by atoms with Gasteiger partial charge < -0.3 is 14.4 Å². The molecule has 4 rings (SSSR count). The first kappa shape index (κ1) is 15.9. The zero-order valence-electron chi connectivity index (χ0n) is 13.1. The number of carbonyl (C=O) groups excluding carboxylic acids is 1. The summed E-state index contributed by atoms with van der Waals surface area (Å²) in [4.78, 5) is 27.3. The van der Waals surface area contributed by atoms with Gasteiger partial charge in [0.05, 0.1) is 23.6 Å². The Morgan fingerprint density at radius 1 is 1.08 bits per heavy atom. The number of hydrogen-bond donors (Lipinski definition) is 1. The smallest absolute Gasteiger partial charge is 0.290 e. The standard InChI is InChI=1S/C19H14ClNO4/c20-12-7-5-11(6-8-12)16-15-17(23)13-3-1-2-4-14(13)25-18(15)19(24)21(16)9-10-22/h1-8,16,22H,9-10H2/t16-/m0/s1. The molecule has 3 aromatic rings.